The summed E-state index contributed by atoms with van der Waals surface area (Å²) in [4.78, 5) is 15.2. The molecule has 0 radical (unpaired) electrons. The summed E-state index contributed by atoms with van der Waals surface area (Å²) in [5, 5.41) is 0.961. The molecule has 0 saturated heterocycles. The third-order valence-electron chi connectivity index (χ3n) is 3.46. The summed E-state index contributed by atoms with van der Waals surface area (Å²) < 4.78 is 10.1. The number of aromatic nitrogens is 1. The number of hydrogen-bond acceptors (Lipinski definition) is 3. The van der Waals surface area contributed by atoms with Gasteiger partial charge in [0, 0.05) is 17.0 Å². The molecule has 0 aliphatic carbocycles. The minimum absolute atomic E-state index is 0.385. The van der Waals surface area contributed by atoms with Gasteiger partial charge in [-0.05, 0) is 17.7 Å². The summed E-state index contributed by atoms with van der Waals surface area (Å²) in [5.74, 6) is 0.351. The van der Waals surface area contributed by atoms with Crippen molar-refractivity contribution in [1.82, 2.24) is 4.98 Å². The lowest BCUT2D eigenvalue weighted by atomic mass is 10.0. The monoisotopic (exact) mass is 281 g/mol. The highest BCUT2D eigenvalue weighted by atomic mass is 16.5. The number of carbonyl (C=O) groups excluding carboxylic acids is 1. The summed E-state index contributed by atoms with van der Waals surface area (Å²) in [5.41, 5.74) is 3.11. The smallest absolute Gasteiger partial charge is 0.355 e. The van der Waals surface area contributed by atoms with Gasteiger partial charge >= 0.3 is 5.97 Å². The van der Waals surface area contributed by atoms with Crippen LogP contribution in [0, 0.1) is 0 Å². The van der Waals surface area contributed by atoms with E-state index < -0.39 is 0 Å². The second-order valence-corrected chi connectivity index (χ2v) is 4.64. The van der Waals surface area contributed by atoms with Crippen LogP contribution in [-0.4, -0.2) is 25.2 Å². The zero-order valence-corrected chi connectivity index (χ0v) is 11.8. The molecule has 3 aromatic rings. The Morgan fingerprint density at radius 2 is 1.81 bits per heavy atom. The molecule has 0 unspecified atom stereocenters. The van der Waals surface area contributed by atoms with E-state index in [-0.39, 0.29) is 5.97 Å². The van der Waals surface area contributed by atoms with E-state index in [1.165, 1.54) is 7.11 Å². The van der Waals surface area contributed by atoms with Crippen LogP contribution in [0.2, 0.25) is 0 Å². The van der Waals surface area contributed by atoms with Crippen LogP contribution in [0.25, 0.3) is 22.0 Å². The van der Waals surface area contributed by atoms with Crippen molar-refractivity contribution in [3.63, 3.8) is 0 Å². The molecular weight excluding hydrogens is 266 g/mol. The van der Waals surface area contributed by atoms with Crippen LogP contribution in [0.5, 0.6) is 5.75 Å². The lowest BCUT2D eigenvalue weighted by Gasteiger charge is -2.04. The number of rotatable bonds is 3. The van der Waals surface area contributed by atoms with Gasteiger partial charge in [-0.1, -0.05) is 30.3 Å². The number of aromatic amines is 1. The van der Waals surface area contributed by atoms with E-state index in [1.807, 2.05) is 48.5 Å². The highest BCUT2D eigenvalue weighted by Crippen LogP contribution is 2.34. The minimum atomic E-state index is -0.385. The summed E-state index contributed by atoms with van der Waals surface area (Å²) >= 11 is 0. The van der Waals surface area contributed by atoms with Crippen LogP contribution >= 0.6 is 0 Å². The summed E-state index contributed by atoms with van der Waals surface area (Å²) in [6.07, 6.45) is 0. The largest absolute Gasteiger partial charge is 0.497 e. The second-order valence-electron chi connectivity index (χ2n) is 4.64. The Hall–Kier alpha value is -2.75. The maximum absolute atomic E-state index is 12.0. The Morgan fingerprint density at radius 3 is 2.48 bits per heavy atom. The van der Waals surface area contributed by atoms with Crippen LogP contribution < -0.4 is 4.74 Å². The van der Waals surface area contributed by atoms with Crippen molar-refractivity contribution in [2.24, 2.45) is 0 Å². The molecule has 0 aliphatic heterocycles. The van der Waals surface area contributed by atoms with Crippen molar-refractivity contribution in [3.05, 3.63) is 54.2 Å². The molecule has 106 valence electrons. The molecule has 0 spiro atoms. The molecule has 0 saturated carbocycles. The molecule has 0 amide bonds. The SMILES string of the molecule is COC(=O)c1[nH]c2cc(OC)ccc2c1-c1ccccc1. The van der Waals surface area contributed by atoms with E-state index in [2.05, 4.69) is 4.98 Å². The fourth-order valence-corrected chi connectivity index (χ4v) is 2.46. The normalized spacial score (nSPS) is 10.6. The highest BCUT2D eigenvalue weighted by Gasteiger charge is 2.19. The minimum Gasteiger partial charge on any atom is -0.497 e. The molecule has 1 aromatic heterocycles. The van der Waals surface area contributed by atoms with Crippen LogP contribution in [-0.2, 0) is 4.74 Å². The van der Waals surface area contributed by atoms with E-state index in [1.54, 1.807) is 7.11 Å². The maximum Gasteiger partial charge on any atom is 0.355 e. The van der Waals surface area contributed by atoms with Crippen molar-refractivity contribution >= 4 is 16.9 Å². The van der Waals surface area contributed by atoms with Crippen molar-refractivity contribution in [1.29, 1.82) is 0 Å². The first kappa shape index (κ1) is 13.2. The molecule has 4 nitrogen and oxygen atoms in total. The highest BCUT2D eigenvalue weighted by molar-refractivity contribution is 6.08. The van der Waals surface area contributed by atoms with E-state index in [0.29, 0.717) is 5.69 Å². The number of carbonyl (C=O) groups is 1. The zero-order chi connectivity index (χ0) is 14.8. The average molecular weight is 281 g/mol. The van der Waals surface area contributed by atoms with Crippen molar-refractivity contribution in [3.8, 4) is 16.9 Å². The Labute approximate surface area is 122 Å². The number of esters is 1. The third-order valence-corrected chi connectivity index (χ3v) is 3.46. The van der Waals surface area contributed by atoms with Gasteiger partial charge in [0.1, 0.15) is 11.4 Å². The van der Waals surface area contributed by atoms with Crippen LogP contribution in [0.4, 0.5) is 0 Å². The van der Waals surface area contributed by atoms with E-state index in [4.69, 9.17) is 9.47 Å². The molecule has 4 heteroatoms. The van der Waals surface area contributed by atoms with E-state index in [0.717, 1.165) is 27.8 Å². The number of fused-ring (bicyclic) bond motifs is 1. The van der Waals surface area contributed by atoms with Crippen molar-refractivity contribution < 1.29 is 14.3 Å². The van der Waals surface area contributed by atoms with E-state index in [9.17, 15) is 4.79 Å². The van der Waals surface area contributed by atoms with Gasteiger partial charge in [-0.15, -0.1) is 0 Å². The number of ether oxygens (including phenoxy) is 2. The van der Waals surface area contributed by atoms with E-state index >= 15 is 0 Å². The molecule has 0 fully saturated rings. The molecule has 0 aliphatic rings. The lowest BCUT2D eigenvalue weighted by molar-refractivity contribution is 0.0596. The van der Waals surface area contributed by atoms with Crippen LogP contribution in [0.3, 0.4) is 0 Å². The quantitative estimate of drug-likeness (QED) is 0.746. The predicted octanol–water partition coefficient (Wildman–Crippen LogP) is 3.63. The topological polar surface area (TPSA) is 51.3 Å². The number of methoxy groups -OCH3 is 2. The van der Waals surface area contributed by atoms with Gasteiger partial charge in [-0.2, -0.15) is 0 Å². The first-order valence-electron chi connectivity index (χ1n) is 6.58. The Bertz CT molecular complexity index is 790. The third kappa shape index (κ3) is 2.25. The maximum atomic E-state index is 12.0. The molecule has 0 bridgehead atoms. The molecule has 21 heavy (non-hydrogen) atoms. The molecule has 0 atom stereocenters. The fourth-order valence-electron chi connectivity index (χ4n) is 2.46. The average Bonchev–Trinajstić information content (AvgIpc) is 2.93. The Morgan fingerprint density at radius 1 is 1.05 bits per heavy atom. The predicted molar refractivity (Wildman–Crippen MR) is 81.6 cm³/mol. The number of H-pyrrole nitrogens is 1. The number of hydrogen-bond donors (Lipinski definition) is 1. The van der Waals surface area contributed by atoms with Crippen LogP contribution in [0.15, 0.2) is 48.5 Å². The van der Waals surface area contributed by atoms with Crippen molar-refractivity contribution in [2.75, 3.05) is 14.2 Å². The first-order valence-corrected chi connectivity index (χ1v) is 6.58. The Balaban J connectivity index is 2.31. The van der Waals surface area contributed by atoms with Crippen LogP contribution in [0.1, 0.15) is 10.5 Å². The molecule has 1 N–H and O–H groups in total. The van der Waals surface area contributed by atoms with Gasteiger partial charge in [-0.3, -0.25) is 0 Å². The van der Waals surface area contributed by atoms with Gasteiger partial charge < -0.3 is 14.5 Å². The van der Waals surface area contributed by atoms with Gasteiger partial charge in [0.05, 0.1) is 19.7 Å². The number of benzene rings is 2. The summed E-state index contributed by atoms with van der Waals surface area (Å²) in [6.45, 7) is 0. The van der Waals surface area contributed by atoms with Gasteiger partial charge in [0.2, 0.25) is 0 Å². The Kier molecular flexibility index (Phi) is 3.36. The van der Waals surface area contributed by atoms with Crippen molar-refractivity contribution in [2.45, 2.75) is 0 Å². The van der Waals surface area contributed by atoms with Gasteiger partial charge in [0.15, 0.2) is 0 Å². The molecule has 3 rings (SSSR count). The standard InChI is InChI=1S/C17H15NO3/c1-20-12-8-9-13-14(10-12)18-16(17(19)21-2)15(13)11-6-4-3-5-7-11/h3-10,18H,1-2H3. The summed E-state index contributed by atoms with van der Waals surface area (Å²) in [6, 6.07) is 15.5. The lowest BCUT2D eigenvalue weighted by Crippen LogP contribution is -2.03. The van der Waals surface area contributed by atoms with Gasteiger partial charge in [-0.25, -0.2) is 4.79 Å². The second kappa shape index (κ2) is 5.32. The van der Waals surface area contributed by atoms with Gasteiger partial charge in [0.25, 0.3) is 0 Å². The number of nitrogens with one attached hydrogen (secondary N) is 1. The molecule has 1 heterocycles. The summed E-state index contributed by atoms with van der Waals surface area (Å²) in [7, 11) is 2.99. The molecular formula is C17H15NO3. The molecule has 2 aromatic carbocycles. The fraction of sp³-hybridized carbons (Fsp3) is 0.118. The first-order chi connectivity index (χ1) is 10.2. The zero-order valence-electron chi connectivity index (χ0n) is 11.8.